The molecule has 9 heteroatoms. The Kier molecular flexibility index (Phi) is 8.73. The number of rotatable bonds is 10. The highest BCUT2D eigenvalue weighted by Gasteiger charge is 2.51. The van der Waals surface area contributed by atoms with E-state index in [2.05, 4.69) is 5.32 Å². The third-order valence-corrected chi connectivity index (χ3v) is 6.85. The zero-order valence-electron chi connectivity index (χ0n) is 21.9. The number of imide groups is 1. The van der Waals surface area contributed by atoms with Gasteiger partial charge in [0.05, 0.1) is 13.2 Å². The summed E-state index contributed by atoms with van der Waals surface area (Å²) in [5.74, 6) is -0.779. The molecule has 1 heterocycles. The second-order valence-corrected chi connectivity index (χ2v) is 9.38. The SMILES string of the molecule is COC(=O)N(CCCCN1C(=N)NC(c2ccccc2)(c2ccccc2)C1=O)C(=O)[C@@H](N)Cc1ccccc1. The Morgan fingerprint density at radius 3 is 2.03 bits per heavy atom. The van der Waals surface area contributed by atoms with E-state index in [0.717, 1.165) is 21.6 Å². The summed E-state index contributed by atoms with van der Waals surface area (Å²) in [5.41, 5.74) is 7.29. The molecular formula is C30H33N5O4. The first-order valence-electron chi connectivity index (χ1n) is 12.9. The second-order valence-electron chi connectivity index (χ2n) is 9.38. The molecule has 0 radical (unpaired) electrons. The van der Waals surface area contributed by atoms with Crippen LogP contribution in [-0.2, 0) is 26.3 Å². The molecule has 0 spiro atoms. The standard InChI is InChI=1S/C30H33N5O4/c1-39-29(38)34(26(36)25(31)21-22-13-5-2-6-14-22)19-11-12-20-35-27(37)30(33-28(35)32,23-15-7-3-8-16-23)24-17-9-4-10-18-24/h2-10,13-18,25H,11-12,19-21,31H2,1H3,(H2,32,33)/t25-/m0/s1. The highest BCUT2D eigenvalue weighted by atomic mass is 16.5. The first-order chi connectivity index (χ1) is 18.9. The predicted molar refractivity (Wildman–Crippen MR) is 148 cm³/mol. The minimum Gasteiger partial charge on any atom is -0.452 e. The summed E-state index contributed by atoms with van der Waals surface area (Å²) in [6.07, 6.45) is 0.366. The minimum atomic E-state index is -1.21. The van der Waals surface area contributed by atoms with Crippen molar-refractivity contribution in [3.63, 3.8) is 0 Å². The molecule has 3 aromatic carbocycles. The van der Waals surface area contributed by atoms with Gasteiger partial charge in [0.15, 0.2) is 11.5 Å². The lowest BCUT2D eigenvalue weighted by Gasteiger charge is -2.28. The molecule has 1 aliphatic rings. The van der Waals surface area contributed by atoms with Crippen molar-refractivity contribution >= 4 is 23.9 Å². The van der Waals surface area contributed by atoms with Crippen LogP contribution < -0.4 is 11.1 Å². The minimum absolute atomic E-state index is 0.00140. The number of nitrogens with zero attached hydrogens (tertiary/aromatic N) is 2. The van der Waals surface area contributed by atoms with Crippen molar-refractivity contribution in [1.82, 2.24) is 15.1 Å². The molecule has 4 rings (SSSR count). The number of unbranched alkanes of at least 4 members (excludes halogenated alkanes) is 1. The number of nitrogens with two attached hydrogens (primary N) is 1. The highest BCUT2D eigenvalue weighted by molar-refractivity contribution is 6.10. The van der Waals surface area contributed by atoms with E-state index in [0.29, 0.717) is 19.3 Å². The summed E-state index contributed by atoms with van der Waals surface area (Å²) in [6.45, 7) is 0.324. The van der Waals surface area contributed by atoms with E-state index in [1.165, 1.54) is 12.0 Å². The van der Waals surface area contributed by atoms with Crippen LogP contribution in [0.3, 0.4) is 0 Å². The zero-order valence-corrected chi connectivity index (χ0v) is 21.9. The molecule has 4 N–H and O–H groups in total. The first kappa shape index (κ1) is 27.5. The molecule has 9 nitrogen and oxygen atoms in total. The van der Waals surface area contributed by atoms with Crippen molar-refractivity contribution in [2.45, 2.75) is 30.8 Å². The maximum atomic E-state index is 13.9. The summed E-state index contributed by atoms with van der Waals surface area (Å²) in [7, 11) is 1.22. The fourth-order valence-electron chi connectivity index (χ4n) is 4.85. The molecule has 3 aromatic rings. The van der Waals surface area contributed by atoms with Gasteiger partial charge in [0.1, 0.15) is 0 Å². The average Bonchev–Trinajstić information content (AvgIpc) is 3.23. The maximum absolute atomic E-state index is 13.9. The van der Waals surface area contributed by atoms with E-state index in [1.807, 2.05) is 91.0 Å². The van der Waals surface area contributed by atoms with Gasteiger partial charge in [0.25, 0.3) is 5.91 Å². The number of ether oxygens (including phenoxy) is 1. The maximum Gasteiger partial charge on any atom is 0.416 e. The van der Waals surface area contributed by atoms with Crippen LogP contribution in [0.4, 0.5) is 4.79 Å². The molecule has 39 heavy (non-hydrogen) atoms. The van der Waals surface area contributed by atoms with Gasteiger partial charge in [-0.25, -0.2) is 9.69 Å². The number of hydrogen-bond donors (Lipinski definition) is 3. The largest absolute Gasteiger partial charge is 0.452 e. The first-order valence-corrected chi connectivity index (χ1v) is 12.9. The summed E-state index contributed by atoms with van der Waals surface area (Å²) >= 11 is 0. The Bertz CT molecular complexity index is 1260. The van der Waals surface area contributed by atoms with Crippen LogP contribution in [0.1, 0.15) is 29.5 Å². The van der Waals surface area contributed by atoms with Crippen LogP contribution >= 0.6 is 0 Å². The molecule has 3 amide bonds. The van der Waals surface area contributed by atoms with Gasteiger partial charge >= 0.3 is 6.09 Å². The molecule has 0 bridgehead atoms. The molecule has 0 saturated carbocycles. The van der Waals surface area contributed by atoms with E-state index in [-0.39, 0.29) is 25.0 Å². The molecular weight excluding hydrogens is 494 g/mol. The molecule has 0 aliphatic carbocycles. The summed E-state index contributed by atoms with van der Waals surface area (Å²) in [4.78, 5) is 41.7. The summed E-state index contributed by atoms with van der Waals surface area (Å²) < 4.78 is 4.83. The van der Waals surface area contributed by atoms with Gasteiger partial charge in [-0.05, 0) is 36.0 Å². The van der Waals surface area contributed by atoms with Crippen molar-refractivity contribution in [2.75, 3.05) is 20.2 Å². The molecule has 0 aromatic heterocycles. The Hall–Kier alpha value is -4.50. The van der Waals surface area contributed by atoms with Gasteiger partial charge < -0.3 is 15.8 Å². The Labute approximate surface area is 228 Å². The van der Waals surface area contributed by atoms with E-state index >= 15 is 0 Å². The van der Waals surface area contributed by atoms with Crippen molar-refractivity contribution < 1.29 is 19.1 Å². The molecule has 1 atom stereocenters. The lowest BCUT2D eigenvalue weighted by atomic mass is 9.82. The monoisotopic (exact) mass is 527 g/mol. The lowest BCUT2D eigenvalue weighted by molar-refractivity contribution is -0.131. The number of guanidine groups is 1. The average molecular weight is 528 g/mol. The van der Waals surface area contributed by atoms with E-state index < -0.39 is 23.6 Å². The predicted octanol–water partition coefficient (Wildman–Crippen LogP) is 3.24. The molecule has 0 unspecified atom stereocenters. The number of hydrogen-bond acceptors (Lipinski definition) is 6. The van der Waals surface area contributed by atoms with Crippen LogP contribution in [0.2, 0.25) is 0 Å². The normalized spacial score (nSPS) is 15.0. The van der Waals surface area contributed by atoms with Crippen LogP contribution in [0, 0.1) is 5.41 Å². The van der Waals surface area contributed by atoms with Crippen molar-refractivity contribution in [1.29, 1.82) is 5.41 Å². The van der Waals surface area contributed by atoms with E-state index in [1.54, 1.807) is 0 Å². The van der Waals surface area contributed by atoms with Crippen molar-refractivity contribution in [3.8, 4) is 0 Å². The Morgan fingerprint density at radius 1 is 0.949 bits per heavy atom. The molecule has 1 fully saturated rings. The second kappa shape index (κ2) is 12.4. The molecule has 202 valence electrons. The fourth-order valence-corrected chi connectivity index (χ4v) is 4.85. The number of amides is 3. The fraction of sp³-hybridized carbons (Fsp3) is 0.267. The number of carbonyl (C=O) groups is 3. The number of carbonyl (C=O) groups excluding carboxylic acids is 3. The van der Waals surface area contributed by atoms with Crippen molar-refractivity contribution in [2.24, 2.45) is 5.73 Å². The van der Waals surface area contributed by atoms with Gasteiger partial charge in [0, 0.05) is 13.1 Å². The van der Waals surface area contributed by atoms with Gasteiger partial charge in [-0.1, -0.05) is 91.0 Å². The number of nitrogens with one attached hydrogen (secondary N) is 2. The van der Waals surface area contributed by atoms with Crippen molar-refractivity contribution in [3.05, 3.63) is 108 Å². The van der Waals surface area contributed by atoms with Gasteiger partial charge in [-0.2, -0.15) is 0 Å². The number of benzene rings is 3. The number of methoxy groups -OCH3 is 1. The summed E-state index contributed by atoms with van der Waals surface area (Å²) in [5, 5.41) is 11.7. The third kappa shape index (κ3) is 5.83. The third-order valence-electron chi connectivity index (χ3n) is 6.85. The molecule has 1 aliphatic heterocycles. The van der Waals surface area contributed by atoms with Crippen LogP contribution in [-0.4, -0.2) is 59.9 Å². The van der Waals surface area contributed by atoms with Gasteiger partial charge in [-0.15, -0.1) is 0 Å². The topological polar surface area (TPSA) is 129 Å². The summed E-state index contributed by atoms with van der Waals surface area (Å²) in [6, 6.07) is 27.1. The Morgan fingerprint density at radius 2 is 1.49 bits per heavy atom. The van der Waals surface area contributed by atoms with Crippen LogP contribution in [0.15, 0.2) is 91.0 Å². The van der Waals surface area contributed by atoms with Gasteiger partial charge in [-0.3, -0.25) is 19.9 Å². The smallest absolute Gasteiger partial charge is 0.416 e. The Balaban J connectivity index is 1.42. The zero-order chi connectivity index (χ0) is 27.8. The van der Waals surface area contributed by atoms with Gasteiger partial charge in [0.2, 0.25) is 5.91 Å². The van der Waals surface area contributed by atoms with E-state index in [9.17, 15) is 14.4 Å². The lowest BCUT2D eigenvalue weighted by Crippen LogP contribution is -2.48. The quantitative estimate of drug-likeness (QED) is 0.347. The van der Waals surface area contributed by atoms with Crippen LogP contribution in [0.5, 0.6) is 0 Å². The van der Waals surface area contributed by atoms with E-state index in [4.69, 9.17) is 15.9 Å². The molecule has 1 saturated heterocycles. The van der Waals surface area contributed by atoms with Crippen LogP contribution in [0.25, 0.3) is 0 Å². The highest BCUT2D eigenvalue weighted by Crippen LogP contribution is 2.35.